The summed E-state index contributed by atoms with van der Waals surface area (Å²) in [5, 5.41) is 3.51. The lowest BCUT2D eigenvalue weighted by Gasteiger charge is -2.34. The predicted molar refractivity (Wildman–Crippen MR) is 127 cm³/mol. The van der Waals surface area contributed by atoms with Crippen molar-refractivity contribution in [1.29, 1.82) is 0 Å². The van der Waals surface area contributed by atoms with Crippen molar-refractivity contribution in [1.82, 2.24) is 19.8 Å². The van der Waals surface area contributed by atoms with Crippen molar-refractivity contribution in [3.63, 3.8) is 0 Å². The van der Waals surface area contributed by atoms with Crippen molar-refractivity contribution in [2.24, 2.45) is 16.8 Å². The molecule has 1 aliphatic rings. The molecular weight excluding hydrogens is 461 g/mol. The van der Waals surface area contributed by atoms with E-state index in [2.05, 4.69) is 75.1 Å². The van der Waals surface area contributed by atoms with Gasteiger partial charge in [-0.3, -0.25) is 4.99 Å². The molecule has 0 unspecified atom stereocenters. The number of benzene rings is 1. The smallest absolute Gasteiger partial charge is 0.194 e. The van der Waals surface area contributed by atoms with Gasteiger partial charge in [0, 0.05) is 39.1 Å². The second-order valence-electron chi connectivity index (χ2n) is 7.91. The Hall–Kier alpha value is -1.57. The molecule has 1 aromatic heterocycles. The lowest BCUT2D eigenvalue weighted by Crippen LogP contribution is -2.45. The maximum absolute atomic E-state index is 4.51. The highest BCUT2D eigenvalue weighted by Gasteiger charge is 2.21. The Morgan fingerprint density at radius 2 is 1.93 bits per heavy atom. The third-order valence-corrected chi connectivity index (χ3v) is 5.26. The van der Waals surface area contributed by atoms with E-state index in [0.717, 1.165) is 43.9 Å². The van der Waals surface area contributed by atoms with Crippen LogP contribution in [0, 0.1) is 11.8 Å². The molecule has 3 rings (SSSR count). The van der Waals surface area contributed by atoms with Gasteiger partial charge in [-0.05, 0) is 36.7 Å². The van der Waals surface area contributed by atoms with Crippen LogP contribution < -0.4 is 5.32 Å². The van der Waals surface area contributed by atoms with Crippen LogP contribution in [0.3, 0.4) is 0 Å². The van der Waals surface area contributed by atoms with E-state index in [0.29, 0.717) is 5.92 Å². The van der Waals surface area contributed by atoms with Crippen molar-refractivity contribution in [2.75, 3.05) is 20.1 Å². The molecule has 0 spiro atoms. The van der Waals surface area contributed by atoms with Crippen LogP contribution in [0.5, 0.6) is 0 Å². The van der Waals surface area contributed by atoms with Crippen molar-refractivity contribution in [3.8, 4) is 0 Å². The largest absolute Gasteiger partial charge is 0.349 e. The van der Waals surface area contributed by atoms with E-state index in [4.69, 9.17) is 0 Å². The summed E-state index contributed by atoms with van der Waals surface area (Å²) in [4.78, 5) is 11.4. The minimum Gasteiger partial charge on any atom is -0.349 e. The first-order valence-electron chi connectivity index (χ1n) is 10.1. The van der Waals surface area contributed by atoms with Gasteiger partial charge in [0.05, 0.1) is 6.54 Å². The molecule has 0 radical (unpaired) electrons. The fourth-order valence-corrected chi connectivity index (χ4v) is 3.85. The summed E-state index contributed by atoms with van der Waals surface area (Å²) in [7, 11) is 1.87. The van der Waals surface area contributed by atoms with Gasteiger partial charge in [-0.15, -0.1) is 24.0 Å². The monoisotopic (exact) mass is 495 g/mol. The molecule has 1 aromatic carbocycles. The number of nitrogens with one attached hydrogen (secondary N) is 1. The number of rotatable bonds is 6. The molecule has 2 heterocycles. The Kier molecular flexibility index (Phi) is 9.28. The second kappa shape index (κ2) is 11.4. The molecule has 0 amide bonds. The van der Waals surface area contributed by atoms with Crippen molar-refractivity contribution in [3.05, 3.63) is 54.1 Å². The van der Waals surface area contributed by atoms with E-state index < -0.39 is 0 Å². The molecule has 0 atom stereocenters. The van der Waals surface area contributed by atoms with Gasteiger partial charge in [0.1, 0.15) is 5.82 Å². The molecule has 1 fully saturated rings. The Labute approximate surface area is 186 Å². The van der Waals surface area contributed by atoms with Gasteiger partial charge in [0.15, 0.2) is 5.96 Å². The number of halogens is 1. The second-order valence-corrected chi connectivity index (χ2v) is 7.91. The van der Waals surface area contributed by atoms with Crippen LogP contribution >= 0.6 is 24.0 Å². The van der Waals surface area contributed by atoms with Gasteiger partial charge in [-0.2, -0.15) is 0 Å². The van der Waals surface area contributed by atoms with Crippen molar-refractivity contribution < 1.29 is 0 Å². The number of likely N-dealkylation sites (tertiary alicyclic amines) is 1. The van der Waals surface area contributed by atoms with Crippen LogP contribution in [0.2, 0.25) is 0 Å². The minimum atomic E-state index is 0. The average Bonchev–Trinajstić information content (AvgIpc) is 3.10. The van der Waals surface area contributed by atoms with Gasteiger partial charge >= 0.3 is 0 Å². The van der Waals surface area contributed by atoms with Gasteiger partial charge < -0.3 is 14.8 Å². The zero-order valence-electron chi connectivity index (χ0n) is 17.3. The maximum atomic E-state index is 4.51. The number of piperidine rings is 1. The van der Waals surface area contributed by atoms with E-state index in [9.17, 15) is 0 Å². The number of aliphatic imine (C=N–C) groups is 1. The third-order valence-electron chi connectivity index (χ3n) is 5.26. The SMILES string of the molecule is CN=C(NCc1nccn1CC(C)C)N1CCC(Cc2ccccc2)CC1.I. The molecule has 5 nitrogen and oxygen atoms in total. The number of hydrogen-bond acceptors (Lipinski definition) is 2. The molecule has 28 heavy (non-hydrogen) atoms. The normalized spacial score (nSPS) is 15.6. The zero-order valence-corrected chi connectivity index (χ0v) is 19.7. The Bertz CT molecular complexity index is 718. The molecule has 2 aromatic rings. The van der Waals surface area contributed by atoms with Crippen LogP contribution in [-0.2, 0) is 19.5 Å². The lowest BCUT2D eigenvalue weighted by molar-refractivity contribution is 0.258. The van der Waals surface area contributed by atoms with Gasteiger partial charge in [0.25, 0.3) is 0 Å². The summed E-state index contributed by atoms with van der Waals surface area (Å²) < 4.78 is 2.23. The Morgan fingerprint density at radius 3 is 2.57 bits per heavy atom. The zero-order chi connectivity index (χ0) is 19.1. The number of guanidine groups is 1. The molecule has 0 saturated carbocycles. The van der Waals surface area contributed by atoms with Gasteiger partial charge in [-0.25, -0.2) is 4.98 Å². The quantitative estimate of drug-likeness (QED) is 0.372. The number of aromatic nitrogens is 2. The summed E-state index contributed by atoms with van der Waals surface area (Å²) in [5.41, 5.74) is 1.45. The maximum Gasteiger partial charge on any atom is 0.194 e. The molecule has 0 bridgehead atoms. The van der Waals surface area contributed by atoms with Crippen LogP contribution in [0.4, 0.5) is 0 Å². The summed E-state index contributed by atoms with van der Waals surface area (Å²) in [6.07, 6.45) is 7.58. The topological polar surface area (TPSA) is 45.5 Å². The van der Waals surface area contributed by atoms with Crippen LogP contribution in [-0.4, -0.2) is 40.5 Å². The highest BCUT2D eigenvalue weighted by molar-refractivity contribution is 14.0. The predicted octanol–water partition coefficient (Wildman–Crippen LogP) is 4.19. The third kappa shape index (κ3) is 6.50. The van der Waals surface area contributed by atoms with Crippen molar-refractivity contribution in [2.45, 2.75) is 46.2 Å². The number of imidazole rings is 1. The van der Waals surface area contributed by atoms with E-state index in [1.807, 2.05) is 13.2 Å². The standard InChI is InChI=1S/C22H33N5.HI/c1-18(2)17-27-14-11-24-21(27)16-25-22(23-3)26-12-9-20(10-13-26)15-19-7-5-4-6-8-19;/h4-8,11,14,18,20H,9-10,12-13,15-17H2,1-3H3,(H,23,25);1H. The van der Waals surface area contributed by atoms with E-state index >= 15 is 0 Å². The molecule has 1 N–H and O–H groups in total. The first-order valence-corrected chi connectivity index (χ1v) is 10.1. The van der Waals surface area contributed by atoms with Crippen molar-refractivity contribution >= 4 is 29.9 Å². The molecule has 154 valence electrons. The van der Waals surface area contributed by atoms with E-state index in [1.165, 1.54) is 24.8 Å². The summed E-state index contributed by atoms with van der Waals surface area (Å²) >= 11 is 0. The van der Waals surface area contributed by atoms with Gasteiger partial charge in [0.2, 0.25) is 0 Å². The van der Waals surface area contributed by atoms with Crippen LogP contribution in [0.15, 0.2) is 47.7 Å². The van der Waals surface area contributed by atoms with Gasteiger partial charge in [-0.1, -0.05) is 44.2 Å². The molecule has 6 heteroatoms. The molecule has 0 aliphatic carbocycles. The summed E-state index contributed by atoms with van der Waals surface area (Å²) in [5.74, 6) is 3.45. The molecule has 1 saturated heterocycles. The fraction of sp³-hybridized carbons (Fsp3) is 0.545. The lowest BCUT2D eigenvalue weighted by atomic mass is 9.90. The number of nitrogens with zero attached hydrogens (tertiary/aromatic N) is 4. The number of hydrogen-bond donors (Lipinski definition) is 1. The minimum absolute atomic E-state index is 0. The Morgan fingerprint density at radius 1 is 1.21 bits per heavy atom. The highest BCUT2D eigenvalue weighted by atomic mass is 127. The van der Waals surface area contributed by atoms with Crippen LogP contribution in [0.25, 0.3) is 0 Å². The molecular formula is C22H34IN5. The molecule has 1 aliphatic heterocycles. The van der Waals surface area contributed by atoms with E-state index in [1.54, 1.807) is 0 Å². The van der Waals surface area contributed by atoms with E-state index in [-0.39, 0.29) is 24.0 Å². The first-order chi connectivity index (χ1) is 13.2. The Balaban J connectivity index is 0.00000280. The van der Waals surface area contributed by atoms with Crippen LogP contribution in [0.1, 0.15) is 38.1 Å². The highest BCUT2D eigenvalue weighted by Crippen LogP contribution is 2.21. The summed E-state index contributed by atoms with van der Waals surface area (Å²) in [6.45, 7) is 8.32. The first kappa shape index (κ1) is 22.7. The fourth-order valence-electron chi connectivity index (χ4n) is 3.85. The summed E-state index contributed by atoms with van der Waals surface area (Å²) in [6, 6.07) is 10.9. The average molecular weight is 495 g/mol.